The SMILES string of the molecule is COc1ccc2nc(NC(=O)Cn3cnc4scc(-c5ccccc5)c4c3=O)sc2c1. The van der Waals surface area contributed by atoms with Gasteiger partial charge in [-0.3, -0.25) is 14.2 Å². The molecule has 0 unspecified atom stereocenters. The van der Waals surface area contributed by atoms with E-state index in [9.17, 15) is 9.59 Å². The molecule has 7 nitrogen and oxygen atoms in total. The van der Waals surface area contributed by atoms with E-state index in [4.69, 9.17) is 4.74 Å². The van der Waals surface area contributed by atoms with Crippen LogP contribution in [0.25, 0.3) is 31.6 Å². The maximum atomic E-state index is 13.1. The van der Waals surface area contributed by atoms with Crippen LogP contribution in [0.1, 0.15) is 0 Å². The van der Waals surface area contributed by atoms with Crippen LogP contribution < -0.4 is 15.6 Å². The van der Waals surface area contributed by atoms with Gasteiger partial charge in [0.2, 0.25) is 5.91 Å². The van der Waals surface area contributed by atoms with E-state index in [0.29, 0.717) is 15.3 Å². The number of benzene rings is 2. The molecule has 0 saturated heterocycles. The molecule has 3 aromatic heterocycles. The van der Waals surface area contributed by atoms with E-state index in [0.717, 1.165) is 27.1 Å². The second-order valence-corrected chi connectivity index (χ2v) is 8.66. The van der Waals surface area contributed by atoms with Crippen LogP contribution in [0.2, 0.25) is 0 Å². The number of rotatable bonds is 5. The number of anilines is 1. The first-order valence-corrected chi connectivity index (χ1v) is 11.1. The summed E-state index contributed by atoms with van der Waals surface area (Å²) in [5, 5.41) is 5.70. The molecule has 31 heavy (non-hydrogen) atoms. The minimum Gasteiger partial charge on any atom is -0.497 e. The first-order valence-electron chi connectivity index (χ1n) is 9.39. The van der Waals surface area contributed by atoms with Crippen molar-refractivity contribution in [1.82, 2.24) is 14.5 Å². The molecular weight excluding hydrogens is 432 g/mol. The second kappa shape index (κ2) is 7.93. The summed E-state index contributed by atoms with van der Waals surface area (Å²) in [6.07, 6.45) is 1.42. The number of carbonyl (C=O) groups excluding carboxylic acids is 1. The average Bonchev–Trinajstić information content (AvgIpc) is 3.39. The lowest BCUT2D eigenvalue weighted by atomic mass is 10.1. The number of ether oxygens (including phenoxy) is 1. The zero-order chi connectivity index (χ0) is 21.4. The van der Waals surface area contributed by atoms with Crippen molar-refractivity contribution in [3.8, 4) is 16.9 Å². The van der Waals surface area contributed by atoms with Gasteiger partial charge in [0.05, 0.1) is 29.0 Å². The molecule has 1 N–H and O–H groups in total. The molecule has 0 spiro atoms. The number of nitrogens with one attached hydrogen (secondary N) is 1. The Balaban J connectivity index is 1.42. The molecule has 5 aromatic rings. The van der Waals surface area contributed by atoms with Crippen molar-refractivity contribution in [2.75, 3.05) is 12.4 Å². The summed E-state index contributed by atoms with van der Waals surface area (Å²) in [4.78, 5) is 35.2. The Kier molecular flexibility index (Phi) is 4.97. The van der Waals surface area contributed by atoms with Crippen LogP contribution in [0.15, 0.2) is 65.0 Å². The number of thiazole rings is 1. The predicted molar refractivity (Wildman–Crippen MR) is 124 cm³/mol. The maximum absolute atomic E-state index is 13.1. The smallest absolute Gasteiger partial charge is 0.263 e. The lowest BCUT2D eigenvalue weighted by molar-refractivity contribution is -0.116. The van der Waals surface area contributed by atoms with Gasteiger partial charge in [0.15, 0.2) is 5.13 Å². The van der Waals surface area contributed by atoms with Crippen LogP contribution in [0, 0.1) is 0 Å². The molecular formula is C22H16N4O3S2. The van der Waals surface area contributed by atoms with Crippen LogP contribution in [0.4, 0.5) is 5.13 Å². The highest BCUT2D eigenvalue weighted by Crippen LogP contribution is 2.31. The molecule has 2 aromatic carbocycles. The van der Waals surface area contributed by atoms with Crippen LogP contribution in [0.3, 0.4) is 0 Å². The summed E-state index contributed by atoms with van der Waals surface area (Å²) < 4.78 is 7.45. The fourth-order valence-electron chi connectivity index (χ4n) is 3.31. The van der Waals surface area contributed by atoms with Crippen LogP contribution in [-0.4, -0.2) is 27.6 Å². The molecule has 0 saturated carbocycles. The first kappa shape index (κ1) is 19.4. The Morgan fingerprint density at radius 3 is 2.84 bits per heavy atom. The number of fused-ring (bicyclic) bond motifs is 2. The molecule has 3 heterocycles. The maximum Gasteiger partial charge on any atom is 0.263 e. The van der Waals surface area contributed by atoms with Crippen molar-refractivity contribution in [3.63, 3.8) is 0 Å². The molecule has 0 fully saturated rings. The van der Waals surface area contributed by atoms with Crippen molar-refractivity contribution in [2.45, 2.75) is 6.54 Å². The third-order valence-corrected chi connectivity index (χ3v) is 6.62. The van der Waals surface area contributed by atoms with Gasteiger partial charge < -0.3 is 10.1 Å². The first-order chi connectivity index (χ1) is 15.1. The third kappa shape index (κ3) is 3.69. The van der Waals surface area contributed by atoms with Crippen molar-refractivity contribution < 1.29 is 9.53 Å². The molecule has 0 radical (unpaired) electrons. The summed E-state index contributed by atoms with van der Waals surface area (Å²) >= 11 is 2.76. The van der Waals surface area contributed by atoms with Crippen LogP contribution in [0.5, 0.6) is 5.75 Å². The molecule has 0 bridgehead atoms. The van der Waals surface area contributed by atoms with Crippen molar-refractivity contribution >= 4 is 54.1 Å². The highest BCUT2D eigenvalue weighted by atomic mass is 32.1. The van der Waals surface area contributed by atoms with E-state index < -0.39 is 0 Å². The lowest BCUT2D eigenvalue weighted by Crippen LogP contribution is -2.27. The normalized spacial score (nSPS) is 11.1. The predicted octanol–water partition coefficient (Wildman–Crippen LogP) is 4.38. The summed E-state index contributed by atoms with van der Waals surface area (Å²) in [6.45, 7) is -0.148. The Bertz CT molecular complexity index is 1470. The number of carbonyl (C=O) groups is 1. The monoisotopic (exact) mass is 448 g/mol. The van der Waals surface area contributed by atoms with Crippen molar-refractivity contribution in [1.29, 1.82) is 0 Å². The largest absolute Gasteiger partial charge is 0.497 e. The van der Waals surface area contributed by atoms with Gasteiger partial charge in [-0.2, -0.15) is 0 Å². The molecule has 0 aliphatic carbocycles. The minimum absolute atomic E-state index is 0.148. The van der Waals surface area contributed by atoms with E-state index in [1.807, 2.05) is 53.9 Å². The van der Waals surface area contributed by atoms with Gasteiger partial charge in [0.25, 0.3) is 5.56 Å². The summed E-state index contributed by atoms with van der Waals surface area (Å²) in [7, 11) is 1.60. The van der Waals surface area contributed by atoms with E-state index >= 15 is 0 Å². The molecule has 5 rings (SSSR count). The molecule has 0 aliphatic heterocycles. The zero-order valence-electron chi connectivity index (χ0n) is 16.4. The van der Waals surface area contributed by atoms with E-state index in [1.54, 1.807) is 7.11 Å². The van der Waals surface area contributed by atoms with Crippen LogP contribution in [-0.2, 0) is 11.3 Å². The number of nitrogens with zero attached hydrogens (tertiary/aromatic N) is 3. The molecule has 0 aliphatic rings. The Morgan fingerprint density at radius 2 is 2.03 bits per heavy atom. The zero-order valence-corrected chi connectivity index (χ0v) is 18.0. The lowest BCUT2D eigenvalue weighted by Gasteiger charge is -2.06. The van der Waals surface area contributed by atoms with Gasteiger partial charge in [-0.05, 0) is 23.8 Å². The third-order valence-electron chi connectivity index (χ3n) is 4.80. The Hall–Kier alpha value is -3.56. The fourth-order valence-corrected chi connectivity index (χ4v) is 5.13. The average molecular weight is 449 g/mol. The van der Waals surface area contributed by atoms with Crippen molar-refractivity contribution in [2.24, 2.45) is 0 Å². The summed E-state index contributed by atoms with van der Waals surface area (Å²) in [5.74, 6) is 0.385. The Labute approximate surface area is 184 Å². The highest BCUT2D eigenvalue weighted by molar-refractivity contribution is 7.22. The van der Waals surface area contributed by atoms with Crippen LogP contribution >= 0.6 is 22.7 Å². The summed E-state index contributed by atoms with van der Waals surface area (Å²) in [5.41, 5.74) is 2.30. The fraction of sp³-hybridized carbons (Fsp3) is 0.0909. The van der Waals surface area contributed by atoms with E-state index in [-0.39, 0.29) is 18.0 Å². The molecule has 154 valence electrons. The van der Waals surface area contributed by atoms with E-state index in [1.165, 1.54) is 33.6 Å². The van der Waals surface area contributed by atoms with Gasteiger partial charge in [0.1, 0.15) is 17.1 Å². The highest BCUT2D eigenvalue weighted by Gasteiger charge is 2.15. The minimum atomic E-state index is -0.342. The van der Waals surface area contributed by atoms with E-state index in [2.05, 4.69) is 15.3 Å². The number of hydrogen-bond acceptors (Lipinski definition) is 7. The quantitative estimate of drug-likeness (QED) is 0.431. The van der Waals surface area contributed by atoms with Gasteiger partial charge in [-0.15, -0.1) is 11.3 Å². The van der Waals surface area contributed by atoms with Gasteiger partial charge in [0, 0.05) is 10.9 Å². The van der Waals surface area contributed by atoms with Gasteiger partial charge in [-0.25, -0.2) is 9.97 Å². The molecule has 1 amide bonds. The standard InChI is InChI=1S/C22H16N4O3S2/c1-29-14-7-8-16-17(9-14)31-22(24-16)25-18(27)10-26-12-23-20-19(21(26)28)15(11-30-20)13-5-3-2-4-6-13/h2-9,11-12H,10H2,1H3,(H,24,25,27). The number of amides is 1. The van der Waals surface area contributed by atoms with Gasteiger partial charge >= 0.3 is 0 Å². The Morgan fingerprint density at radius 1 is 1.19 bits per heavy atom. The van der Waals surface area contributed by atoms with Gasteiger partial charge in [-0.1, -0.05) is 41.7 Å². The second-order valence-electron chi connectivity index (χ2n) is 6.77. The topological polar surface area (TPSA) is 86.1 Å². The number of hydrogen-bond donors (Lipinski definition) is 1. The summed E-state index contributed by atoms with van der Waals surface area (Å²) in [6, 6.07) is 15.2. The number of methoxy groups -OCH3 is 1. The number of aromatic nitrogens is 3. The van der Waals surface area contributed by atoms with Crippen molar-refractivity contribution in [3.05, 3.63) is 70.6 Å². The molecule has 0 atom stereocenters. The number of thiophene rings is 1. The molecule has 9 heteroatoms.